The topological polar surface area (TPSA) is 12.9 Å². The highest BCUT2D eigenvalue weighted by atomic mass is 14.7. The number of benzene rings is 2. The van der Waals surface area contributed by atoms with Crippen molar-refractivity contribution in [2.45, 2.75) is 31.1 Å². The third-order valence-corrected chi connectivity index (χ3v) is 5.46. The number of rotatable bonds is 0. The highest BCUT2D eigenvalue weighted by Crippen LogP contribution is 2.55. The first-order valence-electron chi connectivity index (χ1n) is 7.88. The average molecular weight is 271 g/mol. The summed E-state index contributed by atoms with van der Waals surface area (Å²) in [6.45, 7) is 0. The zero-order valence-corrected chi connectivity index (χ0v) is 12.0. The van der Waals surface area contributed by atoms with Gasteiger partial charge in [0, 0.05) is 22.6 Å². The summed E-state index contributed by atoms with van der Waals surface area (Å²) < 4.78 is 0. The fourth-order valence-electron chi connectivity index (χ4n) is 4.60. The summed E-state index contributed by atoms with van der Waals surface area (Å²) in [5, 5.41) is 2.72. The summed E-state index contributed by atoms with van der Waals surface area (Å²) in [7, 11) is 0. The van der Waals surface area contributed by atoms with E-state index in [4.69, 9.17) is 4.98 Å². The van der Waals surface area contributed by atoms with Crippen LogP contribution in [0.15, 0.2) is 54.7 Å². The van der Waals surface area contributed by atoms with Crippen LogP contribution in [0.3, 0.4) is 0 Å². The van der Waals surface area contributed by atoms with Crippen molar-refractivity contribution in [1.82, 2.24) is 4.98 Å². The number of nitrogens with zero attached hydrogens (tertiary/aromatic N) is 1. The Hall–Kier alpha value is -2.15. The Morgan fingerprint density at radius 3 is 2.52 bits per heavy atom. The molecule has 0 bridgehead atoms. The van der Waals surface area contributed by atoms with Gasteiger partial charge in [-0.1, -0.05) is 55.3 Å². The maximum Gasteiger partial charge on any atom is 0.0786 e. The highest BCUT2D eigenvalue weighted by Gasteiger charge is 2.43. The van der Waals surface area contributed by atoms with Crippen molar-refractivity contribution in [2.24, 2.45) is 0 Å². The van der Waals surface area contributed by atoms with Crippen molar-refractivity contribution in [3.05, 3.63) is 65.9 Å². The quantitative estimate of drug-likeness (QED) is 0.556. The van der Waals surface area contributed by atoms with Crippen LogP contribution in [-0.2, 0) is 5.41 Å². The van der Waals surface area contributed by atoms with E-state index in [-0.39, 0.29) is 5.41 Å². The first kappa shape index (κ1) is 11.5. The van der Waals surface area contributed by atoms with Gasteiger partial charge in [-0.15, -0.1) is 0 Å². The van der Waals surface area contributed by atoms with Crippen LogP contribution in [-0.4, -0.2) is 4.98 Å². The predicted octanol–water partition coefficient (Wildman–Crippen LogP) is 5.08. The Bertz CT molecular complexity index is 851. The fraction of sp³-hybridized carbons (Fsp3) is 0.250. The van der Waals surface area contributed by atoms with E-state index in [2.05, 4.69) is 48.5 Å². The molecule has 1 heteroatoms. The van der Waals surface area contributed by atoms with Crippen LogP contribution in [0.1, 0.15) is 36.8 Å². The highest BCUT2D eigenvalue weighted by molar-refractivity contribution is 6.01. The molecule has 1 heterocycles. The molecule has 1 spiro atoms. The smallest absolute Gasteiger partial charge is 0.0786 e. The molecule has 0 N–H and O–H groups in total. The van der Waals surface area contributed by atoms with Gasteiger partial charge >= 0.3 is 0 Å². The van der Waals surface area contributed by atoms with Crippen molar-refractivity contribution in [2.75, 3.05) is 0 Å². The summed E-state index contributed by atoms with van der Waals surface area (Å²) >= 11 is 0. The first-order chi connectivity index (χ1) is 10.4. The van der Waals surface area contributed by atoms with Gasteiger partial charge in [0.2, 0.25) is 0 Å². The molecule has 2 aliphatic rings. The molecule has 2 aliphatic carbocycles. The van der Waals surface area contributed by atoms with Gasteiger partial charge in [-0.3, -0.25) is 4.98 Å². The number of fused-ring (bicyclic) bond motifs is 4. The number of aromatic nitrogens is 1. The van der Waals surface area contributed by atoms with E-state index < -0.39 is 0 Å². The van der Waals surface area contributed by atoms with E-state index in [1.807, 2.05) is 6.20 Å². The second-order valence-electron chi connectivity index (χ2n) is 6.40. The SMILES string of the molecule is c1ccc2c(c1)-c1nccc3cccc(c13)C21CCCC1. The fourth-order valence-corrected chi connectivity index (χ4v) is 4.60. The lowest BCUT2D eigenvalue weighted by Gasteiger charge is -2.37. The predicted molar refractivity (Wildman–Crippen MR) is 86.4 cm³/mol. The van der Waals surface area contributed by atoms with E-state index in [0.717, 1.165) is 0 Å². The Morgan fingerprint density at radius 2 is 1.62 bits per heavy atom. The van der Waals surface area contributed by atoms with Crippen LogP contribution in [0.25, 0.3) is 22.0 Å². The number of pyridine rings is 1. The van der Waals surface area contributed by atoms with E-state index in [0.29, 0.717) is 0 Å². The maximum atomic E-state index is 4.73. The lowest BCUT2D eigenvalue weighted by Crippen LogP contribution is -2.27. The summed E-state index contributed by atoms with van der Waals surface area (Å²) in [4.78, 5) is 4.73. The standard InChI is InChI=1S/C20H17N/c1-2-8-16-15(7-1)19-18-14(10-13-21-19)6-5-9-17(18)20(16)11-3-4-12-20/h1-2,5-10,13H,3-4,11-12H2. The average Bonchev–Trinajstić information content (AvgIpc) is 3.03. The summed E-state index contributed by atoms with van der Waals surface area (Å²) in [6.07, 6.45) is 7.17. The third-order valence-electron chi connectivity index (χ3n) is 5.46. The van der Waals surface area contributed by atoms with Crippen molar-refractivity contribution >= 4 is 10.8 Å². The molecule has 0 atom stereocenters. The summed E-state index contributed by atoms with van der Waals surface area (Å²) in [6, 6.07) is 17.9. The molecule has 102 valence electrons. The van der Waals surface area contributed by atoms with Gasteiger partial charge in [-0.2, -0.15) is 0 Å². The van der Waals surface area contributed by atoms with E-state index >= 15 is 0 Å². The van der Waals surface area contributed by atoms with Crippen LogP contribution < -0.4 is 0 Å². The van der Waals surface area contributed by atoms with E-state index in [1.165, 1.54) is 58.8 Å². The minimum absolute atomic E-state index is 0.228. The summed E-state index contributed by atoms with van der Waals surface area (Å²) in [5.74, 6) is 0. The molecule has 5 rings (SSSR count). The lowest BCUT2D eigenvalue weighted by molar-refractivity contribution is 0.538. The lowest BCUT2D eigenvalue weighted by atomic mass is 9.66. The van der Waals surface area contributed by atoms with Gasteiger partial charge in [0.1, 0.15) is 0 Å². The van der Waals surface area contributed by atoms with Gasteiger partial charge in [-0.05, 0) is 35.4 Å². The molecule has 2 aromatic carbocycles. The molecule has 21 heavy (non-hydrogen) atoms. The molecule has 0 amide bonds. The molecule has 1 saturated carbocycles. The number of hydrogen-bond donors (Lipinski definition) is 0. The van der Waals surface area contributed by atoms with Crippen LogP contribution in [0, 0.1) is 0 Å². The van der Waals surface area contributed by atoms with Gasteiger partial charge in [0.25, 0.3) is 0 Å². The van der Waals surface area contributed by atoms with E-state index in [1.54, 1.807) is 0 Å². The van der Waals surface area contributed by atoms with Crippen LogP contribution in [0.5, 0.6) is 0 Å². The van der Waals surface area contributed by atoms with Crippen molar-refractivity contribution in [3.8, 4) is 11.3 Å². The van der Waals surface area contributed by atoms with Crippen LogP contribution in [0.4, 0.5) is 0 Å². The first-order valence-corrected chi connectivity index (χ1v) is 7.88. The Labute approximate surface area is 124 Å². The third kappa shape index (κ3) is 1.34. The van der Waals surface area contributed by atoms with E-state index in [9.17, 15) is 0 Å². The Balaban J connectivity index is 2.02. The van der Waals surface area contributed by atoms with Crippen molar-refractivity contribution in [3.63, 3.8) is 0 Å². The summed E-state index contributed by atoms with van der Waals surface area (Å²) in [5.41, 5.74) is 5.77. The molecule has 0 aliphatic heterocycles. The zero-order chi connectivity index (χ0) is 13.9. The van der Waals surface area contributed by atoms with Crippen molar-refractivity contribution < 1.29 is 0 Å². The van der Waals surface area contributed by atoms with Gasteiger partial charge < -0.3 is 0 Å². The monoisotopic (exact) mass is 271 g/mol. The zero-order valence-electron chi connectivity index (χ0n) is 12.0. The molecule has 1 aromatic heterocycles. The minimum atomic E-state index is 0.228. The molecule has 0 saturated heterocycles. The Kier molecular flexibility index (Phi) is 2.16. The molecule has 1 fully saturated rings. The molecule has 0 radical (unpaired) electrons. The minimum Gasteiger partial charge on any atom is -0.256 e. The second-order valence-corrected chi connectivity index (χ2v) is 6.40. The molecular weight excluding hydrogens is 254 g/mol. The van der Waals surface area contributed by atoms with Gasteiger partial charge in [-0.25, -0.2) is 0 Å². The van der Waals surface area contributed by atoms with Crippen LogP contribution >= 0.6 is 0 Å². The molecular formula is C20H17N. The normalized spacial score (nSPS) is 18.1. The largest absolute Gasteiger partial charge is 0.256 e. The van der Waals surface area contributed by atoms with Crippen LogP contribution in [0.2, 0.25) is 0 Å². The molecule has 0 unspecified atom stereocenters. The van der Waals surface area contributed by atoms with Gasteiger partial charge in [0.15, 0.2) is 0 Å². The Morgan fingerprint density at radius 1 is 0.810 bits per heavy atom. The molecule has 3 aromatic rings. The van der Waals surface area contributed by atoms with Crippen molar-refractivity contribution in [1.29, 1.82) is 0 Å². The second kappa shape index (κ2) is 3.94. The molecule has 1 nitrogen and oxygen atoms in total. The number of hydrogen-bond acceptors (Lipinski definition) is 1. The maximum absolute atomic E-state index is 4.73. The van der Waals surface area contributed by atoms with Gasteiger partial charge in [0.05, 0.1) is 5.69 Å².